The van der Waals surface area contributed by atoms with Gasteiger partial charge in [-0.25, -0.2) is 0 Å². The van der Waals surface area contributed by atoms with Crippen LogP contribution in [0.5, 0.6) is 0 Å². The van der Waals surface area contributed by atoms with Gasteiger partial charge >= 0.3 is 0 Å². The van der Waals surface area contributed by atoms with Crippen LogP contribution < -0.4 is 5.73 Å². The fraction of sp³-hybridized carbons (Fsp3) is 0.0667. The molecule has 0 aliphatic carbocycles. The Hall–Kier alpha value is -1.93. The van der Waals surface area contributed by atoms with Crippen molar-refractivity contribution in [2.24, 2.45) is 0 Å². The van der Waals surface area contributed by atoms with Crippen LogP contribution in [0.15, 0.2) is 48.7 Å². The monoisotopic (exact) mass is 256 g/mol. The number of benzene rings is 1. The highest BCUT2D eigenvalue weighted by Crippen LogP contribution is 2.34. The molecule has 2 nitrogen and oxygen atoms in total. The number of nitrogen functional groups attached to an aromatic ring is 1. The fourth-order valence-corrected chi connectivity index (χ4v) is 2.58. The van der Waals surface area contributed by atoms with Gasteiger partial charge in [-0.2, -0.15) is 0 Å². The molecule has 1 aromatic carbocycles. The van der Waals surface area contributed by atoms with Gasteiger partial charge in [0, 0.05) is 17.4 Å². The third kappa shape index (κ3) is 1.57. The molecule has 0 bridgehead atoms. The van der Waals surface area contributed by atoms with E-state index in [0.29, 0.717) is 0 Å². The molecule has 90 valence electrons. The number of nitrogens with two attached hydrogens (primary N) is 1. The molecule has 3 aromatic rings. The number of hydrogen-bond acceptors (Lipinski definition) is 1. The smallest absolute Gasteiger partial charge is 0.0696 e. The molecule has 0 aliphatic heterocycles. The van der Waals surface area contributed by atoms with Gasteiger partial charge in [0.15, 0.2) is 0 Å². The third-order valence-corrected chi connectivity index (χ3v) is 3.65. The van der Waals surface area contributed by atoms with Crippen molar-refractivity contribution in [2.45, 2.75) is 6.92 Å². The molecule has 0 fully saturated rings. The summed E-state index contributed by atoms with van der Waals surface area (Å²) in [6, 6.07) is 13.9. The van der Waals surface area contributed by atoms with Crippen molar-refractivity contribution in [1.82, 2.24) is 4.40 Å². The molecule has 0 atom stereocenters. The molecule has 2 aromatic heterocycles. The summed E-state index contributed by atoms with van der Waals surface area (Å²) in [5.74, 6) is 0. The molecule has 0 unspecified atom stereocenters. The molecule has 2 N–H and O–H groups in total. The molecule has 2 heterocycles. The third-order valence-electron chi connectivity index (χ3n) is 3.17. The van der Waals surface area contributed by atoms with E-state index >= 15 is 0 Å². The van der Waals surface area contributed by atoms with Crippen LogP contribution in [-0.2, 0) is 0 Å². The number of pyridine rings is 1. The van der Waals surface area contributed by atoms with Crippen LogP contribution in [0.3, 0.4) is 0 Å². The predicted molar refractivity (Wildman–Crippen MR) is 77.0 cm³/mol. The van der Waals surface area contributed by atoms with Gasteiger partial charge in [-0.3, -0.25) is 0 Å². The second-order valence-electron chi connectivity index (χ2n) is 4.37. The van der Waals surface area contributed by atoms with Crippen LogP contribution >= 0.6 is 11.6 Å². The van der Waals surface area contributed by atoms with Crippen LogP contribution in [0, 0.1) is 6.92 Å². The van der Waals surface area contributed by atoms with Gasteiger partial charge in [-0.1, -0.05) is 29.8 Å². The maximum Gasteiger partial charge on any atom is 0.0696 e. The van der Waals surface area contributed by atoms with Crippen molar-refractivity contribution in [2.75, 3.05) is 5.73 Å². The summed E-state index contributed by atoms with van der Waals surface area (Å²) in [4.78, 5) is 0. The lowest BCUT2D eigenvalue weighted by Gasteiger charge is -2.05. The zero-order chi connectivity index (χ0) is 12.7. The molecule has 0 saturated heterocycles. The number of anilines is 1. The summed E-state index contributed by atoms with van der Waals surface area (Å²) >= 11 is 6.38. The topological polar surface area (TPSA) is 30.4 Å². The lowest BCUT2D eigenvalue weighted by atomic mass is 10.1. The van der Waals surface area contributed by atoms with E-state index in [-0.39, 0.29) is 0 Å². The van der Waals surface area contributed by atoms with Crippen LogP contribution in [-0.4, -0.2) is 4.40 Å². The molecular weight excluding hydrogens is 244 g/mol. The first kappa shape index (κ1) is 11.2. The van der Waals surface area contributed by atoms with E-state index < -0.39 is 0 Å². The first-order chi connectivity index (χ1) is 8.68. The summed E-state index contributed by atoms with van der Waals surface area (Å²) in [6.07, 6.45) is 2.02. The molecule has 0 aliphatic rings. The Morgan fingerprint density at radius 3 is 2.72 bits per heavy atom. The van der Waals surface area contributed by atoms with E-state index in [0.717, 1.165) is 33.0 Å². The number of rotatable bonds is 1. The summed E-state index contributed by atoms with van der Waals surface area (Å²) in [5, 5.41) is 0.799. The quantitative estimate of drug-likeness (QED) is 0.652. The van der Waals surface area contributed by atoms with Gasteiger partial charge in [0.2, 0.25) is 0 Å². The lowest BCUT2D eigenvalue weighted by molar-refractivity contribution is 1.19. The Balaban J connectivity index is 2.39. The molecule has 3 rings (SSSR count). The van der Waals surface area contributed by atoms with Gasteiger partial charge < -0.3 is 10.1 Å². The van der Waals surface area contributed by atoms with E-state index in [1.54, 1.807) is 0 Å². The minimum atomic E-state index is 0.758. The molecule has 18 heavy (non-hydrogen) atoms. The maximum atomic E-state index is 6.38. The van der Waals surface area contributed by atoms with Crippen molar-refractivity contribution < 1.29 is 0 Å². The number of halogens is 1. The van der Waals surface area contributed by atoms with Gasteiger partial charge in [0.05, 0.1) is 16.2 Å². The van der Waals surface area contributed by atoms with E-state index in [9.17, 15) is 0 Å². The average molecular weight is 257 g/mol. The summed E-state index contributed by atoms with van der Waals surface area (Å²) < 4.78 is 2.10. The Morgan fingerprint density at radius 2 is 1.94 bits per heavy atom. The van der Waals surface area contributed by atoms with Crippen molar-refractivity contribution >= 4 is 22.8 Å². The molecule has 0 radical (unpaired) electrons. The van der Waals surface area contributed by atoms with Crippen molar-refractivity contribution in [3.05, 3.63) is 59.2 Å². The SMILES string of the molecule is Cc1c(Cl)c2ccccn2c1-c1cccc(N)c1. The Labute approximate surface area is 111 Å². The van der Waals surface area contributed by atoms with Crippen molar-refractivity contribution in [3.8, 4) is 11.3 Å². The number of nitrogens with zero attached hydrogens (tertiary/aromatic N) is 1. The minimum absolute atomic E-state index is 0.758. The minimum Gasteiger partial charge on any atom is -0.399 e. The molecule has 0 amide bonds. The second kappa shape index (κ2) is 4.07. The van der Waals surface area contributed by atoms with E-state index in [2.05, 4.69) is 10.5 Å². The van der Waals surface area contributed by atoms with Crippen LogP contribution in [0.1, 0.15) is 5.56 Å². The maximum absolute atomic E-state index is 6.38. The Morgan fingerprint density at radius 1 is 1.11 bits per heavy atom. The number of hydrogen-bond donors (Lipinski definition) is 1. The zero-order valence-electron chi connectivity index (χ0n) is 10.0. The first-order valence-electron chi connectivity index (χ1n) is 5.79. The standard InChI is InChI=1S/C15H13ClN2/c1-10-14(16)13-7-2-3-8-18(13)15(10)11-5-4-6-12(17)9-11/h2-9H,17H2,1H3. The van der Waals surface area contributed by atoms with Crippen molar-refractivity contribution in [1.29, 1.82) is 0 Å². The largest absolute Gasteiger partial charge is 0.399 e. The molecule has 3 heteroatoms. The predicted octanol–water partition coefficient (Wildman–Crippen LogP) is 4.15. The van der Waals surface area contributed by atoms with Gasteiger partial charge in [-0.15, -0.1) is 0 Å². The van der Waals surface area contributed by atoms with Crippen LogP contribution in [0.25, 0.3) is 16.8 Å². The van der Waals surface area contributed by atoms with Crippen LogP contribution in [0.2, 0.25) is 5.02 Å². The van der Waals surface area contributed by atoms with Gasteiger partial charge in [0.1, 0.15) is 0 Å². The average Bonchev–Trinajstić information content (AvgIpc) is 2.63. The highest BCUT2D eigenvalue weighted by atomic mass is 35.5. The number of fused-ring (bicyclic) bond motifs is 1. The molecule has 0 spiro atoms. The highest BCUT2D eigenvalue weighted by Gasteiger charge is 2.14. The first-order valence-corrected chi connectivity index (χ1v) is 6.17. The number of aromatic nitrogens is 1. The highest BCUT2D eigenvalue weighted by molar-refractivity contribution is 6.35. The van der Waals surface area contributed by atoms with Crippen molar-refractivity contribution in [3.63, 3.8) is 0 Å². The van der Waals surface area contributed by atoms with Gasteiger partial charge in [-0.05, 0) is 36.8 Å². The van der Waals surface area contributed by atoms with E-state index in [4.69, 9.17) is 17.3 Å². The second-order valence-corrected chi connectivity index (χ2v) is 4.75. The zero-order valence-corrected chi connectivity index (χ0v) is 10.8. The fourth-order valence-electron chi connectivity index (χ4n) is 2.34. The lowest BCUT2D eigenvalue weighted by Crippen LogP contribution is -1.90. The summed E-state index contributed by atoms with van der Waals surface area (Å²) in [7, 11) is 0. The Bertz CT molecular complexity index is 728. The van der Waals surface area contributed by atoms with Gasteiger partial charge in [0.25, 0.3) is 0 Å². The summed E-state index contributed by atoms with van der Waals surface area (Å²) in [5.41, 5.74) is 10.9. The van der Waals surface area contributed by atoms with Crippen LogP contribution in [0.4, 0.5) is 5.69 Å². The normalized spacial score (nSPS) is 11.0. The van der Waals surface area contributed by atoms with E-state index in [1.165, 1.54) is 0 Å². The Kier molecular flexibility index (Phi) is 2.53. The van der Waals surface area contributed by atoms with E-state index in [1.807, 2.05) is 49.5 Å². The molecule has 0 saturated carbocycles. The summed E-state index contributed by atoms with van der Waals surface area (Å²) in [6.45, 7) is 2.04. The molecular formula is C15H13ClN2.